The maximum atomic E-state index is 6.70. The van der Waals surface area contributed by atoms with Crippen LogP contribution in [0.4, 0.5) is 0 Å². The maximum absolute atomic E-state index is 6.70. The normalized spacial score (nSPS) is 13.1. The van der Waals surface area contributed by atoms with Gasteiger partial charge in [0.2, 0.25) is 4.83 Å². The Bertz CT molecular complexity index is 1280. The summed E-state index contributed by atoms with van der Waals surface area (Å²) in [5.41, 5.74) is 5.11. The van der Waals surface area contributed by atoms with E-state index in [-0.39, 0.29) is 5.41 Å². The van der Waals surface area contributed by atoms with Crippen LogP contribution in [0, 0.1) is 19.3 Å². The van der Waals surface area contributed by atoms with Crippen molar-refractivity contribution < 1.29 is 9.30 Å². The molecule has 28 heavy (non-hydrogen) atoms. The van der Waals surface area contributed by atoms with Crippen molar-refractivity contribution >= 4 is 32.3 Å². The Balaban J connectivity index is 1.92. The van der Waals surface area contributed by atoms with Gasteiger partial charge >= 0.3 is 0 Å². The zero-order valence-electron chi connectivity index (χ0n) is 17.3. The largest absolute Gasteiger partial charge is 0.454 e. The first-order valence-electron chi connectivity index (χ1n) is 9.76. The van der Waals surface area contributed by atoms with Gasteiger partial charge in [-0.1, -0.05) is 56.4 Å². The van der Waals surface area contributed by atoms with E-state index in [1.807, 2.05) is 6.33 Å². The van der Waals surface area contributed by atoms with Crippen LogP contribution in [0.3, 0.4) is 0 Å². The number of aryl methyl sites for hydroxylation is 3. The highest BCUT2D eigenvalue weighted by molar-refractivity contribution is 7.19. The molecule has 1 aliphatic heterocycles. The van der Waals surface area contributed by atoms with E-state index in [9.17, 15) is 0 Å². The van der Waals surface area contributed by atoms with Crippen LogP contribution in [0.25, 0.3) is 32.2 Å². The summed E-state index contributed by atoms with van der Waals surface area (Å²) in [6.07, 6.45) is 2.92. The van der Waals surface area contributed by atoms with Crippen LogP contribution >= 0.6 is 11.3 Å². The fourth-order valence-corrected chi connectivity index (χ4v) is 5.76. The second-order valence-electron chi connectivity index (χ2n) is 9.08. The zero-order valence-corrected chi connectivity index (χ0v) is 18.1. The SMILES string of the molecule is Cc1c2c(c(C)c3ccccc13)-c1c3c(c(CC(C)(C)C)sc3nc[n+]1C)O2. The van der Waals surface area contributed by atoms with Crippen molar-refractivity contribution in [3.63, 3.8) is 0 Å². The minimum absolute atomic E-state index is 0.192. The molecule has 0 radical (unpaired) electrons. The molecule has 0 saturated carbocycles. The predicted molar refractivity (Wildman–Crippen MR) is 116 cm³/mol. The second-order valence-corrected chi connectivity index (χ2v) is 10.2. The van der Waals surface area contributed by atoms with E-state index >= 15 is 0 Å². The van der Waals surface area contributed by atoms with Gasteiger partial charge < -0.3 is 4.74 Å². The smallest absolute Gasteiger partial charge is 0.288 e. The van der Waals surface area contributed by atoms with Crippen LogP contribution in [0.5, 0.6) is 11.5 Å². The molecular formula is C24H25N2OS+. The lowest BCUT2D eigenvalue weighted by Gasteiger charge is -2.24. The van der Waals surface area contributed by atoms with Gasteiger partial charge in [-0.2, -0.15) is 0 Å². The monoisotopic (exact) mass is 389 g/mol. The molecule has 0 atom stereocenters. The molecule has 3 heterocycles. The van der Waals surface area contributed by atoms with E-state index in [2.05, 4.69) is 70.5 Å². The highest BCUT2D eigenvalue weighted by Gasteiger charge is 2.35. The Morgan fingerprint density at radius 1 is 1.04 bits per heavy atom. The number of fused-ring (bicyclic) bond motifs is 3. The second kappa shape index (κ2) is 5.77. The molecule has 2 aromatic carbocycles. The van der Waals surface area contributed by atoms with Crippen LogP contribution in [0.2, 0.25) is 0 Å². The molecule has 2 aromatic heterocycles. The zero-order chi connectivity index (χ0) is 19.8. The first-order chi connectivity index (χ1) is 13.3. The molecule has 4 aromatic rings. The van der Waals surface area contributed by atoms with E-state index in [0.29, 0.717) is 0 Å². The van der Waals surface area contributed by atoms with Gasteiger partial charge in [0, 0.05) is 5.56 Å². The predicted octanol–water partition coefficient (Wildman–Crippen LogP) is 6.25. The third-order valence-corrected chi connectivity index (χ3v) is 6.74. The molecule has 4 heteroatoms. The summed E-state index contributed by atoms with van der Waals surface area (Å²) in [4.78, 5) is 7.08. The highest BCUT2D eigenvalue weighted by atomic mass is 32.1. The van der Waals surface area contributed by atoms with E-state index < -0.39 is 0 Å². The summed E-state index contributed by atoms with van der Waals surface area (Å²) in [6.45, 7) is 11.2. The van der Waals surface area contributed by atoms with E-state index in [4.69, 9.17) is 9.72 Å². The average molecular weight is 390 g/mol. The van der Waals surface area contributed by atoms with Gasteiger partial charge in [0.15, 0.2) is 11.4 Å². The number of aromatic nitrogens is 2. The standard InChI is InChI=1S/C24H25N2OS/c1-13-15-9-7-8-10-16(15)14(2)21-18(13)20-19-22(27-21)17(11-24(3,4)5)28-23(19)25-12-26(20)6/h7-10,12H,11H2,1-6H3/q+1. The highest BCUT2D eigenvalue weighted by Crippen LogP contribution is 2.53. The lowest BCUT2D eigenvalue weighted by atomic mass is 9.89. The fraction of sp³-hybridized carbons (Fsp3) is 0.333. The molecular weight excluding hydrogens is 364 g/mol. The Kier molecular flexibility index (Phi) is 3.63. The molecule has 5 rings (SSSR count). The summed E-state index contributed by atoms with van der Waals surface area (Å²) in [5.74, 6) is 2.01. The Hall–Kier alpha value is -2.46. The topological polar surface area (TPSA) is 26.0 Å². The number of ether oxygens (including phenoxy) is 1. The third-order valence-electron chi connectivity index (χ3n) is 5.66. The van der Waals surface area contributed by atoms with E-state index in [1.165, 1.54) is 43.4 Å². The average Bonchev–Trinajstić information content (AvgIpc) is 2.98. The van der Waals surface area contributed by atoms with Crippen molar-refractivity contribution in [1.82, 2.24) is 4.98 Å². The molecule has 0 unspecified atom stereocenters. The van der Waals surface area contributed by atoms with Gasteiger partial charge in [-0.05, 0) is 47.0 Å². The van der Waals surface area contributed by atoms with Gasteiger partial charge in [0.25, 0.3) is 6.33 Å². The minimum atomic E-state index is 0.192. The van der Waals surface area contributed by atoms with E-state index in [1.54, 1.807) is 11.3 Å². The molecule has 3 nitrogen and oxygen atoms in total. The summed E-state index contributed by atoms with van der Waals surface area (Å²) in [6, 6.07) is 8.63. The lowest BCUT2D eigenvalue weighted by molar-refractivity contribution is -0.662. The van der Waals surface area contributed by atoms with Crippen molar-refractivity contribution in [3.8, 4) is 22.8 Å². The molecule has 0 fully saturated rings. The van der Waals surface area contributed by atoms with Gasteiger partial charge in [-0.25, -0.2) is 4.57 Å². The molecule has 0 amide bonds. The quantitative estimate of drug-likeness (QED) is 0.317. The summed E-state index contributed by atoms with van der Waals surface area (Å²) >= 11 is 1.78. The number of nitrogens with zero attached hydrogens (tertiary/aromatic N) is 2. The van der Waals surface area contributed by atoms with Crippen LogP contribution in [0.15, 0.2) is 30.6 Å². The molecule has 0 saturated heterocycles. The molecule has 142 valence electrons. The van der Waals surface area contributed by atoms with Gasteiger partial charge in [-0.3, -0.25) is 0 Å². The van der Waals surface area contributed by atoms with Crippen molar-refractivity contribution in [2.75, 3.05) is 0 Å². The number of benzene rings is 2. The minimum Gasteiger partial charge on any atom is -0.454 e. The first-order valence-corrected chi connectivity index (χ1v) is 10.6. The van der Waals surface area contributed by atoms with Crippen LogP contribution < -0.4 is 9.30 Å². The van der Waals surface area contributed by atoms with Crippen molar-refractivity contribution in [2.45, 2.75) is 41.0 Å². The summed E-state index contributed by atoms with van der Waals surface area (Å²) < 4.78 is 8.85. The Morgan fingerprint density at radius 3 is 2.39 bits per heavy atom. The molecule has 0 aliphatic carbocycles. The fourth-order valence-electron chi connectivity index (χ4n) is 4.40. The summed E-state index contributed by atoms with van der Waals surface area (Å²) in [7, 11) is 2.09. The number of rotatable bonds is 1. The summed E-state index contributed by atoms with van der Waals surface area (Å²) in [5, 5.41) is 3.73. The van der Waals surface area contributed by atoms with Crippen molar-refractivity contribution in [2.24, 2.45) is 12.5 Å². The third kappa shape index (κ3) is 2.40. The van der Waals surface area contributed by atoms with Crippen LogP contribution in [-0.4, -0.2) is 4.98 Å². The Labute approximate surface area is 169 Å². The maximum Gasteiger partial charge on any atom is 0.288 e. The molecule has 0 bridgehead atoms. The molecule has 0 spiro atoms. The van der Waals surface area contributed by atoms with Crippen molar-refractivity contribution in [3.05, 3.63) is 46.6 Å². The number of hydrogen-bond donors (Lipinski definition) is 0. The van der Waals surface area contributed by atoms with Crippen LogP contribution in [-0.2, 0) is 13.5 Å². The molecule has 0 N–H and O–H groups in total. The number of thiophene rings is 1. The molecule has 1 aliphatic rings. The lowest BCUT2D eigenvalue weighted by Crippen LogP contribution is -2.32. The van der Waals surface area contributed by atoms with Gasteiger partial charge in [0.05, 0.1) is 17.5 Å². The van der Waals surface area contributed by atoms with Crippen LogP contribution in [0.1, 0.15) is 36.8 Å². The van der Waals surface area contributed by atoms with Gasteiger partial charge in [-0.15, -0.1) is 0 Å². The first kappa shape index (κ1) is 17.6. The Morgan fingerprint density at radius 2 is 1.71 bits per heavy atom. The number of hydrogen-bond acceptors (Lipinski definition) is 3. The van der Waals surface area contributed by atoms with Gasteiger partial charge in [0.1, 0.15) is 11.1 Å². The van der Waals surface area contributed by atoms with Crippen molar-refractivity contribution in [1.29, 1.82) is 0 Å². The van der Waals surface area contributed by atoms with E-state index in [0.717, 1.165) is 22.8 Å².